The number of rotatable bonds is 7. The highest BCUT2D eigenvalue weighted by Gasteiger charge is 2.19. The van der Waals surface area contributed by atoms with Gasteiger partial charge < -0.3 is 10.1 Å². The first-order valence-corrected chi connectivity index (χ1v) is 8.92. The summed E-state index contributed by atoms with van der Waals surface area (Å²) in [7, 11) is 0. The largest absolute Gasteiger partial charge is 0.451 e. The summed E-state index contributed by atoms with van der Waals surface area (Å²) in [6.45, 7) is 5.32. The van der Waals surface area contributed by atoms with Gasteiger partial charge >= 0.3 is 5.97 Å². The molecule has 25 heavy (non-hydrogen) atoms. The number of hydrogen-bond donors (Lipinski definition) is 1. The van der Waals surface area contributed by atoms with Crippen molar-refractivity contribution in [2.75, 3.05) is 6.61 Å². The summed E-state index contributed by atoms with van der Waals surface area (Å²) in [6.07, 6.45) is 1.84. The lowest BCUT2D eigenvalue weighted by Crippen LogP contribution is -2.35. The lowest BCUT2D eigenvalue weighted by molar-refractivity contribution is -0.124. The van der Waals surface area contributed by atoms with E-state index in [-0.39, 0.29) is 24.4 Å². The topological polar surface area (TPSA) is 68.3 Å². The number of nitrogens with zero attached hydrogens (tertiary/aromatic N) is 1. The van der Waals surface area contributed by atoms with E-state index >= 15 is 0 Å². The third-order valence-electron chi connectivity index (χ3n) is 3.54. The van der Waals surface area contributed by atoms with Crippen molar-refractivity contribution in [1.29, 1.82) is 0 Å². The van der Waals surface area contributed by atoms with Crippen LogP contribution in [0.1, 0.15) is 42.1 Å². The maximum Gasteiger partial charge on any atom is 0.350 e. The van der Waals surface area contributed by atoms with Crippen molar-refractivity contribution >= 4 is 23.2 Å². The molecular formula is C18H21FN2O3S. The van der Waals surface area contributed by atoms with Crippen LogP contribution in [-0.2, 0) is 9.53 Å². The number of carbonyl (C=O) groups is 2. The molecule has 0 saturated heterocycles. The molecule has 1 N–H and O–H groups in total. The first kappa shape index (κ1) is 19.1. The van der Waals surface area contributed by atoms with Gasteiger partial charge in [-0.05, 0) is 44.5 Å². The molecule has 2 rings (SSSR count). The Morgan fingerprint density at radius 2 is 2.00 bits per heavy atom. The molecule has 0 radical (unpaired) electrons. The highest BCUT2D eigenvalue weighted by atomic mass is 32.1. The number of aryl methyl sites for hydroxylation is 1. The molecule has 1 aromatic carbocycles. The summed E-state index contributed by atoms with van der Waals surface area (Å²) < 4.78 is 18.1. The van der Waals surface area contributed by atoms with Gasteiger partial charge in [0, 0.05) is 11.6 Å². The van der Waals surface area contributed by atoms with Crippen LogP contribution in [0.5, 0.6) is 0 Å². The third kappa shape index (κ3) is 5.35. The first-order chi connectivity index (χ1) is 11.9. The zero-order valence-electron chi connectivity index (χ0n) is 14.5. The molecule has 7 heteroatoms. The van der Waals surface area contributed by atoms with Crippen LogP contribution in [0.25, 0.3) is 10.6 Å². The Labute approximate surface area is 150 Å². The van der Waals surface area contributed by atoms with Gasteiger partial charge in [-0.25, -0.2) is 14.2 Å². The number of amides is 1. The molecule has 0 aliphatic rings. The predicted octanol–water partition coefficient (Wildman–Crippen LogP) is 3.72. The number of benzene rings is 1. The molecule has 1 heterocycles. The van der Waals surface area contributed by atoms with Gasteiger partial charge in [0.1, 0.15) is 15.7 Å². The highest BCUT2D eigenvalue weighted by Crippen LogP contribution is 2.28. The van der Waals surface area contributed by atoms with Crippen LogP contribution in [0.2, 0.25) is 0 Å². The highest BCUT2D eigenvalue weighted by molar-refractivity contribution is 7.17. The minimum atomic E-state index is -0.582. The molecule has 0 aliphatic heterocycles. The van der Waals surface area contributed by atoms with Gasteiger partial charge in [0.25, 0.3) is 5.91 Å². The van der Waals surface area contributed by atoms with Crippen LogP contribution in [0.15, 0.2) is 24.3 Å². The Hall–Kier alpha value is -2.28. The van der Waals surface area contributed by atoms with E-state index in [1.807, 2.05) is 13.8 Å². The van der Waals surface area contributed by atoms with Gasteiger partial charge in [0.05, 0.1) is 5.69 Å². The van der Waals surface area contributed by atoms with E-state index in [4.69, 9.17) is 4.74 Å². The van der Waals surface area contributed by atoms with Crippen molar-refractivity contribution < 1.29 is 18.7 Å². The summed E-state index contributed by atoms with van der Waals surface area (Å²) >= 11 is 1.16. The molecule has 1 aromatic heterocycles. The Bertz CT molecular complexity index is 743. The number of carbonyl (C=O) groups excluding carboxylic acids is 2. The summed E-state index contributed by atoms with van der Waals surface area (Å²) in [4.78, 5) is 28.6. The third-order valence-corrected chi connectivity index (χ3v) is 4.72. The quantitative estimate of drug-likeness (QED) is 0.760. The smallest absolute Gasteiger partial charge is 0.350 e. The monoisotopic (exact) mass is 364 g/mol. The minimum Gasteiger partial charge on any atom is -0.451 e. The molecule has 0 spiro atoms. The second-order valence-corrected chi connectivity index (χ2v) is 6.77. The summed E-state index contributed by atoms with van der Waals surface area (Å²) in [5, 5.41) is 3.38. The van der Waals surface area contributed by atoms with E-state index < -0.39 is 5.97 Å². The molecule has 0 aliphatic carbocycles. The van der Waals surface area contributed by atoms with Crippen molar-refractivity contribution in [3.05, 3.63) is 40.7 Å². The van der Waals surface area contributed by atoms with Crippen molar-refractivity contribution in [2.45, 2.75) is 39.7 Å². The number of nitrogens with one attached hydrogen (secondary N) is 1. The van der Waals surface area contributed by atoms with Gasteiger partial charge in [-0.2, -0.15) is 0 Å². The summed E-state index contributed by atoms with van der Waals surface area (Å²) in [5.74, 6) is -1.24. The molecule has 0 fully saturated rings. The number of hydrogen-bond acceptors (Lipinski definition) is 5. The van der Waals surface area contributed by atoms with Crippen LogP contribution in [0.4, 0.5) is 4.39 Å². The van der Waals surface area contributed by atoms with Crippen LogP contribution in [0.3, 0.4) is 0 Å². The maximum absolute atomic E-state index is 13.0. The molecular weight excluding hydrogens is 343 g/mol. The van der Waals surface area contributed by atoms with E-state index in [2.05, 4.69) is 10.3 Å². The fraction of sp³-hybridized carbons (Fsp3) is 0.389. The molecule has 2 aromatic rings. The van der Waals surface area contributed by atoms with Crippen molar-refractivity contribution in [1.82, 2.24) is 10.3 Å². The fourth-order valence-corrected chi connectivity index (χ4v) is 3.29. The van der Waals surface area contributed by atoms with E-state index in [1.54, 1.807) is 19.1 Å². The maximum atomic E-state index is 13.0. The van der Waals surface area contributed by atoms with E-state index in [1.165, 1.54) is 12.1 Å². The van der Waals surface area contributed by atoms with Gasteiger partial charge in [-0.3, -0.25) is 4.79 Å². The normalized spacial score (nSPS) is 11.8. The fourth-order valence-electron chi connectivity index (χ4n) is 2.32. The number of aromatic nitrogens is 1. The number of thiazole rings is 1. The van der Waals surface area contributed by atoms with Crippen molar-refractivity contribution in [3.8, 4) is 10.6 Å². The summed E-state index contributed by atoms with van der Waals surface area (Å²) in [6, 6.07) is 5.93. The van der Waals surface area contributed by atoms with Crippen LogP contribution < -0.4 is 5.32 Å². The average molecular weight is 364 g/mol. The van der Waals surface area contributed by atoms with Crippen LogP contribution >= 0.6 is 11.3 Å². The zero-order valence-corrected chi connectivity index (χ0v) is 15.3. The zero-order chi connectivity index (χ0) is 18.4. The molecule has 0 saturated carbocycles. The van der Waals surface area contributed by atoms with Gasteiger partial charge in [0.2, 0.25) is 0 Å². The number of halogens is 1. The van der Waals surface area contributed by atoms with Crippen LogP contribution in [0, 0.1) is 12.7 Å². The molecule has 5 nitrogen and oxygen atoms in total. The molecule has 1 atom stereocenters. The first-order valence-electron chi connectivity index (χ1n) is 8.10. The van der Waals surface area contributed by atoms with Crippen molar-refractivity contribution in [3.63, 3.8) is 0 Å². The lowest BCUT2D eigenvalue weighted by Gasteiger charge is -2.12. The Balaban J connectivity index is 1.98. The Morgan fingerprint density at radius 3 is 2.64 bits per heavy atom. The van der Waals surface area contributed by atoms with Gasteiger partial charge in [-0.15, -0.1) is 11.3 Å². The molecule has 0 unspecified atom stereocenters. The molecule has 134 valence electrons. The molecule has 1 amide bonds. The second kappa shape index (κ2) is 8.71. The SMILES string of the molecule is CCC[C@H](C)NC(=O)COC(=O)c1sc(-c2ccc(F)cc2)nc1C. The van der Waals surface area contributed by atoms with E-state index in [0.717, 1.165) is 29.7 Å². The van der Waals surface area contributed by atoms with Gasteiger partial charge in [-0.1, -0.05) is 13.3 Å². The van der Waals surface area contributed by atoms with Gasteiger partial charge in [0.15, 0.2) is 6.61 Å². The predicted molar refractivity (Wildman–Crippen MR) is 95.0 cm³/mol. The second-order valence-electron chi connectivity index (χ2n) is 5.77. The Kier molecular flexibility index (Phi) is 6.64. The molecule has 0 bridgehead atoms. The van der Waals surface area contributed by atoms with Crippen LogP contribution in [-0.4, -0.2) is 29.5 Å². The summed E-state index contributed by atoms with van der Waals surface area (Å²) in [5.41, 5.74) is 1.24. The van der Waals surface area contributed by atoms with Crippen molar-refractivity contribution in [2.24, 2.45) is 0 Å². The lowest BCUT2D eigenvalue weighted by atomic mass is 10.2. The number of ether oxygens (including phenoxy) is 1. The standard InChI is InChI=1S/C18H21FN2O3S/c1-4-5-11(2)20-15(22)10-24-18(23)16-12(3)21-17(25-16)13-6-8-14(19)9-7-13/h6-9,11H,4-5,10H2,1-3H3,(H,20,22)/t11-/m0/s1. The average Bonchev–Trinajstić information content (AvgIpc) is 2.95. The van der Waals surface area contributed by atoms with E-state index in [0.29, 0.717) is 15.6 Å². The number of esters is 1. The minimum absolute atomic E-state index is 0.0476. The van der Waals surface area contributed by atoms with E-state index in [9.17, 15) is 14.0 Å². The Morgan fingerprint density at radius 1 is 1.32 bits per heavy atom.